The minimum absolute atomic E-state index is 0.854. The molecule has 0 radical (unpaired) electrons. The molecule has 2 rings (SSSR count). The predicted molar refractivity (Wildman–Crippen MR) is 48.5 cm³/mol. The molecule has 1 aromatic carbocycles. The van der Waals surface area contributed by atoms with Crippen LogP contribution in [0.3, 0.4) is 0 Å². The van der Waals surface area contributed by atoms with E-state index in [4.69, 9.17) is 5.14 Å². The Kier molecular flexibility index (Phi) is 1.88. The molecule has 1 saturated carbocycles. The van der Waals surface area contributed by atoms with E-state index in [2.05, 4.69) is 24.3 Å². The van der Waals surface area contributed by atoms with Crippen LogP contribution >= 0.6 is 11.9 Å². The smallest absolute Gasteiger partial charge is 0.0226 e. The van der Waals surface area contributed by atoms with E-state index >= 15 is 0 Å². The lowest BCUT2D eigenvalue weighted by atomic mass is 10.1. The van der Waals surface area contributed by atoms with E-state index in [1.165, 1.54) is 30.4 Å². The highest BCUT2D eigenvalue weighted by Gasteiger charge is 2.22. The fourth-order valence-corrected chi connectivity index (χ4v) is 1.53. The minimum atomic E-state index is 0.854. The van der Waals surface area contributed by atoms with Gasteiger partial charge in [-0.3, -0.25) is 5.14 Å². The van der Waals surface area contributed by atoms with Crippen molar-refractivity contribution >= 4 is 11.9 Å². The molecule has 0 spiro atoms. The van der Waals surface area contributed by atoms with Gasteiger partial charge in [0, 0.05) is 4.90 Å². The minimum Gasteiger partial charge on any atom is -0.274 e. The quantitative estimate of drug-likeness (QED) is 0.681. The topological polar surface area (TPSA) is 26.0 Å². The molecule has 0 saturated heterocycles. The molecule has 0 atom stereocenters. The van der Waals surface area contributed by atoms with Crippen molar-refractivity contribution in [3.05, 3.63) is 29.8 Å². The first-order chi connectivity index (χ1) is 5.40. The first kappa shape index (κ1) is 7.19. The SMILES string of the molecule is NSc1ccc(C2CC2)cc1. The van der Waals surface area contributed by atoms with Crippen LogP contribution in [0, 0.1) is 0 Å². The van der Waals surface area contributed by atoms with Gasteiger partial charge in [-0.15, -0.1) is 0 Å². The molecule has 0 bridgehead atoms. The van der Waals surface area contributed by atoms with Gasteiger partial charge >= 0.3 is 0 Å². The lowest BCUT2D eigenvalue weighted by molar-refractivity contribution is 1.12. The van der Waals surface area contributed by atoms with Gasteiger partial charge in [0.2, 0.25) is 0 Å². The van der Waals surface area contributed by atoms with Gasteiger partial charge in [0.05, 0.1) is 0 Å². The summed E-state index contributed by atoms with van der Waals surface area (Å²) in [4.78, 5) is 1.15. The summed E-state index contributed by atoms with van der Waals surface area (Å²) in [5.41, 5.74) is 1.47. The Labute approximate surface area is 71.1 Å². The zero-order valence-electron chi connectivity index (χ0n) is 6.29. The van der Waals surface area contributed by atoms with Crippen molar-refractivity contribution in [3.63, 3.8) is 0 Å². The summed E-state index contributed by atoms with van der Waals surface area (Å²) in [6.07, 6.45) is 2.74. The second-order valence-electron chi connectivity index (χ2n) is 2.96. The van der Waals surface area contributed by atoms with Crippen LogP contribution in [0.15, 0.2) is 29.2 Å². The van der Waals surface area contributed by atoms with Crippen molar-refractivity contribution in [1.82, 2.24) is 0 Å². The summed E-state index contributed by atoms with van der Waals surface area (Å²) in [6.45, 7) is 0. The Morgan fingerprint density at radius 1 is 1.18 bits per heavy atom. The summed E-state index contributed by atoms with van der Waals surface area (Å²) in [5.74, 6) is 0.854. The Balaban J connectivity index is 2.19. The first-order valence-electron chi connectivity index (χ1n) is 3.87. The molecule has 1 aliphatic rings. The highest BCUT2D eigenvalue weighted by molar-refractivity contribution is 7.97. The number of rotatable bonds is 2. The maximum atomic E-state index is 5.41. The number of hydrogen-bond donors (Lipinski definition) is 1. The molecule has 1 fully saturated rings. The molecule has 2 N–H and O–H groups in total. The third kappa shape index (κ3) is 1.57. The normalized spacial score (nSPS) is 16.8. The highest BCUT2D eigenvalue weighted by Crippen LogP contribution is 2.40. The van der Waals surface area contributed by atoms with E-state index in [9.17, 15) is 0 Å². The standard InChI is InChI=1S/C9H11NS/c10-11-9-5-3-8(4-6-9)7-1-2-7/h3-7H,1-2,10H2. The van der Waals surface area contributed by atoms with Crippen LogP contribution < -0.4 is 5.14 Å². The van der Waals surface area contributed by atoms with Crippen molar-refractivity contribution in [2.75, 3.05) is 0 Å². The second kappa shape index (κ2) is 2.88. The van der Waals surface area contributed by atoms with Crippen molar-refractivity contribution < 1.29 is 0 Å². The third-order valence-electron chi connectivity index (χ3n) is 2.06. The highest BCUT2D eigenvalue weighted by atomic mass is 32.2. The molecule has 0 aromatic heterocycles. The van der Waals surface area contributed by atoms with Crippen LogP contribution in [0.5, 0.6) is 0 Å². The molecule has 1 nitrogen and oxygen atoms in total. The van der Waals surface area contributed by atoms with Crippen LogP contribution in [0.1, 0.15) is 24.3 Å². The van der Waals surface area contributed by atoms with Crippen LogP contribution in [0.4, 0.5) is 0 Å². The van der Waals surface area contributed by atoms with E-state index in [-0.39, 0.29) is 0 Å². The molecule has 1 aliphatic carbocycles. The Hall–Kier alpha value is -0.470. The van der Waals surface area contributed by atoms with Crippen LogP contribution in [-0.2, 0) is 0 Å². The van der Waals surface area contributed by atoms with Gasteiger partial charge < -0.3 is 0 Å². The van der Waals surface area contributed by atoms with Crippen molar-refractivity contribution in [2.45, 2.75) is 23.7 Å². The van der Waals surface area contributed by atoms with Gasteiger partial charge in [0.25, 0.3) is 0 Å². The number of nitrogens with two attached hydrogens (primary N) is 1. The van der Waals surface area contributed by atoms with Crippen molar-refractivity contribution in [1.29, 1.82) is 0 Å². The summed E-state index contributed by atoms with van der Waals surface area (Å²) in [7, 11) is 0. The first-order valence-corrected chi connectivity index (χ1v) is 4.75. The Morgan fingerprint density at radius 2 is 1.82 bits per heavy atom. The molecular weight excluding hydrogens is 154 g/mol. The molecule has 58 valence electrons. The maximum Gasteiger partial charge on any atom is 0.0226 e. The van der Waals surface area contributed by atoms with E-state index in [0.29, 0.717) is 0 Å². The molecule has 0 heterocycles. The molecule has 0 amide bonds. The van der Waals surface area contributed by atoms with E-state index in [1.54, 1.807) is 0 Å². The van der Waals surface area contributed by atoms with E-state index in [0.717, 1.165) is 10.8 Å². The van der Waals surface area contributed by atoms with Crippen LogP contribution in [0.2, 0.25) is 0 Å². The lowest BCUT2D eigenvalue weighted by Gasteiger charge is -1.98. The van der Waals surface area contributed by atoms with Gasteiger partial charge in [-0.25, -0.2) is 0 Å². The van der Waals surface area contributed by atoms with Gasteiger partial charge in [0.15, 0.2) is 0 Å². The number of benzene rings is 1. The third-order valence-corrected chi connectivity index (χ3v) is 2.61. The Morgan fingerprint density at radius 3 is 2.27 bits per heavy atom. The fourth-order valence-electron chi connectivity index (χ4n) is 1.24. The van der Waals surface area contributed by atoms with Gasteiger partial charge in [0.1, 0.15) is 0 Å². The molecule has 2 heteroatoms. The second-order valence-corrected chi connectivity index (χ2v) is 3.67. The van der Waals surface area contributed by atoms with Gasteiger partial charge in [-0.05, 0) is 48.4 Å². The van der Waals surface area contributed by atoms with E-state index < -0.39 is 0 Å². The molecule has 11 heavy (non-hydrogen) atoms. The molecular formula is C9H11NS. The summed E-state index contributed by atoms with van der Waals surface area (Å²) < 4.78 is 0. The monoisotopic (exact) mass is 165 g/mol. The number of hydrogen-bond acceptors (Lipinski definition) is 2. The molecule has 0 aliphatic heterocycles. The van der Waals surface area contributed by atoms with Crippen LogP contribution in [0.25, 0.3) is 0 Å². The van der Waals surface area contributed by atoms with Crippen molar-refractivity contribution in [3.8, 4) is 0 Å². The maximum absolute atomic E-state index is 5.41. The zero-order chi connectivity index (χ0) is 7.68. The van der Waals surface area contributed by atoms with Crippen LogP contribution in [-0.4, -0.2) is 0 Å². The average molecular weight is 165 g/mol. The Bertz CT molecular complexity index is 238. The van der Waals surface area contributed by atoms with Gasteiger partial charge in [-0.2, -0.15) is 0 Å². The lowest BCUT2D eigenvalue weighted by Crippen LogP contribution is -1.81. The summed E-state index contributed by atoms with van der Waals surface area (Å²) >= 11 is 1.31. The fraction of sp³-hybridized carbons (Fsp3) is 0.333. The zero-order valence-corrected chi connectivity index (χ0v) is 7.10. The van der Waals surface area contributed by atoms with E-state index in [1.807, 2.05) is 0 Å². The van der Waals surface area contributed by atoms with Gasteiger partial charge in [-0.1, -0.05) is 12.1 Å². The predicted octanol–water partition coefficient (Wildman–Crippen LogP) is 2.53. The average Bonchev–Trinajstić information content (AvgIpc) is 2.87. The summed E-state index contributed by atoms with van der Waals surface area (Å²) in [6, 6.07) is 8.57. The molecule has 0 unspecified atom stereocenters. The molecule has 1 aromatic rings. The largest absolute Gasteiger partial charge is 0.274 e. The summed E-state index contributed by atoms with van der Waals surface area (Å²) in [5, 5.41) is 5.41. The van der Waals surface area contributed by atoms with Crippen molar-refractivity contribution in [2.24, 2.45) is 5.14 Å².